The zero-order chi connectivity index (χ0) is 12.3. The lowest BCUT2D eigenvalue weighted by atomic mass is 10.2. The lowest BCUT2D eigenvalue weighted by Crippen LogP contribution is -2.41. The predicted octanol–water partition coefficient (Wildman–Crippen LogP) is 2.25. The monoisotopic (exact) mass is 228 g/mol. The van der Waals surface area contributed by atoms with Gasteiger partial charge in [0, 0.05) is 6.42 Å². The van der Waals surface area contributed by atoms with E-state index in [0.29, 0.717) is 0 Å². The van der Waals surface area contributed by atoms with Crippen LogP contribution in [-0.2, 0) is 4.74 Å². The second kappa shape index (κ2) is 4.69. The lowest BCUT2D eigenvalue weighted by Gasteiger charge is -2.26. The van der Waals surface area contributed by atoms with E-state index in [1.165, 1.54) is 4.90 Å². The van der Waals surface area contributed by atoms with Crippen LogP contribution in [0.1, 0.15) is 27.2 Å². The molecule has 0 aromatic carbocycles. The van der Waals surface area contributed by atoms with Crippen molar-refractivity contribution in [2.45, 2.75) is 45.0 Å². The molecule has 5 heteroatoms. The topological polar surface area (TPSA) is 33.9 Å². The van der Waals surface area contributed by atoms with Crippen LogP contribution in [0.2, 0.25) is 0 Å². The molecule has 1 amide bonds. The zero-order valence-electron chi connectivity index (χ0n) is 9.86. The SMILES string of the molecule is [C-]#[N+]C[C@@H]1C[C@@H](F)CN1C(=O)OC(C)(C)C. The molecule has 0 saturated carbocycles. The standard InChI is InChI=1S/C11H17FN2O2/c1-11(2,3)16-10(15)14-7-8(12)5-9(14)6-13-4/h8-9H,5-7H2,1-3H3/t8-,9+/m1/s1. The Bertz CT molecular complexity index is 306. The number of hydrogen-bond acceptors (Lipinski definition) is 2. The van der Waals surface area contributed by atoms with Crippen LogP contribution in [0, 0.1) is 6.57 Å². The molecule has 90 valence electrons. The molecule has 1 aliphatic heterocycles. The second-order valence-electron chi connectivity index (χ2n) is 4.96. The summed E-state index contributed by atoms with van der Waals surface area (Å²) in [4.78, 5) is 16.3. The van der Waals surface area contributed by atoms with E-state index < -0.39 is 17.9 Å². The first-order valence-corrected chi connectivity index (χ1v) is 5.30. The van der Waals surface area contributed by atoms with Crippen molar-refractivity contribution >= 4 is 6.09 Å². The van der Waals surface area contributed by atoms with Gasteiger partial charge in [-0.3, -0.25) is 4.90 Å². The highest BCUT2D eigenvalue weighted by molar-refractivity contribution is 5.69. The van der Waals surface area contributed by atoms with Crippen molar-refractivity contribution in [2.24, 2.45) is 0 Å². The van der Waals surface area contributed by atoms with Gasteiger partial charge in [-0.05, 0) is 20.8 Å². The predicted molar refractivity (Wildman–Crippen MR) is 57.7 cm³/mol. The Hall–Kier alpha value is -1.31. The van der Waals surface area contributed by atoms with Crippen LogP contribution in [0.5, 0.6) is 0 Å². The highest BCUT2D eigenvalue weighted by atomic mass is 19.1. The number of hydrogen-bond donors (Lipinski definition) is 0. The van der Waals surface area contributed by atoms with Crippen molar-refractivity contribution < 1.29 is 13.9 Å². The molecule has 0 aromatic heterocycles. The van der Waals surface area contributed by atoms with Crippen LogP contribution in [0.15, 0.2) is 0 Å². The zero-order valence-corrected chi connectivity index (χ0v) is 9.86. The molecule has 1 aliphatic rings. The molecule has 0 unspecified atom stereocenters. The number of halogens is 1. The van der Waals surface area contributed by atoms with Gasteiger partial charge in [-0.2, -0.15) is 0 Å². The minimum atomic E-state index is -1.04. The number of ether oxygens (including phenoxy) is 1. The Kier molecular flexibility index (Phi) is 3.74. The highest BCUT2D eigenvalue weighted by Gasteiger charge is 2.39. The van der Waals surface area contributed by atoms with Gasteiger partial charge in [-0.1, -0.05) is 0 Å². The molecule has 1 rings (SSSR count). The number of carbonyl (C=O) groups is 1. The Morgan fingerprint density at radius 2 is 2.25 bits per heavy atom. The number of amides is 1. The fourth-order valence-corrected chi connectivity index (χ4v) is 1.68. The van der Waals surface area contributed by atoms with Crippen LogP contribution in [-0.4, -0.2) is 41.9 Å². The van der Waals surface area contributed by atoms with Gasteiger partial charge >= 0.3 is 6.09 Å². The largest absolute Gasteiger partial charge is 0.444 e. The maximum Gasteiger partial charge on any atom is 0.410 e. The number of alkyl halides is 1. The summed E-state index contributed by atoms with van der Waals surface area (Å²) in [6.45, 7) is 12.2. The van der Waals surface area contributed by atoms with Gasteiger partial charge < -0.3 is 9.58 Å². The van der Waals surface area contributed by atoms with Gasteiger partial charge in [0.1, 0.15) is 17.8 Å². The van der Waals surface area contributed by atoms with Crippen LogP contribution in [0.3, 0.4) is 0 Å². The molecule has 1 heterocycles. The first-order valence-electron chi connectivity index (χ1n) is 5.30. The van der Waals surface area contributed by atoms with E-state index >= 15 is 0 Å². The molecule has 0 N–H and O–H groups in total. The number of carbonyl (C=O) groups excluding carboxylic acids is 1. The number of nitrogens with zero attached hydrogens (tertiary/aromatic N) is 2. The summed E-state index contributed by atoms with van der Waals surface area (Å²) in [5.41, 5.74) is -0.589. The molecule has 0 aliphatic carbocycles. The van der Waals surface area contributed by atoms with Gasteiger partial charge in [-0.25, -0.2) is 15.8 Å². The second-order valence-corrected chi connectivity index (χ2v) is 4.96. The summed E-state index contributed by atoms with van der Waals surface area (Å²) in [6.07, 6.45) is -1.33. The Labute approximate surface area is 95.2 Å². The summed E-state index contributed by atoms with van der Waals surface area (Å²) >= 11 is 0. The average Bonchev–Trinajstić information content (AvgIpc) is 2.44. The van der Waals surface area contributed by atoms with E-state index in [4.69, 9.17) is 11.3 Å². The molecule has 4 nitrogen and oxygen atoms in total. The van der Waals surface area contributed by atoms with Crippen LogP contribution in [0.4, 0.5) is 9.18 Å². The van der Waals surface area contributed by atoms with Gasteiger partial charge in [0.15, 0.2) is 0 Å². The van der Waals surface area contributed by atoms with E-state index in [9.17, 15) is 9.18 Å². The fourth-order valence-electron chi connectivity index (χ4n) is 1.68. The first-order chi connectivity index (χ1) is 7.33. The van der Waals surface area contributed by atoms with Gasteiger partial charge in [0.05, 0.1) is 6.54 Å². The van der Waals surface area contributed by atoms with Crippen LogP contribution in [0.25, 0.3) is 4.85 Å². The van der Waals surface area contributed by atoms with Crippen LogP contribution >= 0.6 is 0 Å². The van der Waals surface area contributed by atoms with Gasteiger partial charge in [-0.15, -0.1) is 0 Å². The third-order valence-corrected chi connectivity index (χ3v) is 2.29. The first kappa shape index (κ1) is 12.8. The van der Waals surface area contributed by atoms with Crippen molar-refractivity contribution in [1.82, 2.24) is 4.90 Å². The van der Waals surface area contributed by atoms with E-state index in [1.54, 1.807) is 20.8 Å². The molecule has 1 fully saturated rings. The summed E-state index contributed by atoms with van der Waals surface area (Å²) in [6, 6.07) is -0.345. The van der Waals surface area contributed by atoms with E-state index in [1.807, 2.05) is 0 Å². The van der Waals surface area contributed by atoms with Crippen LogP contribution < -0.4 is 0 Å². The maximum absolute atomic E-state index is 13.2. The number of likely N-dealkylation sites (tertiary alicyclic amines) is 1. The molecule has 2 atom stereocenters. The Morgan fingerprint density at radius 1 is 1.62 bits per heavy atom. The minimum absolute atomic E-state index is 0.0368. The van der Waals surface area contributed by atoms with Crippen molar-refractivity contribution in [1.29, 1.82) is 0 Å². The molecule has 0 radical (unpaired) electrons. The number of rotatable bonds is 1. The molecular weight excluding hydrogens is 211 g/mol. The lowest BCUT2D eigenvalue weighted by molar-refractivity contribution is 0.0228. The molecule has 0 aromatic rings. The maximum atomic E-state index is 13.2. The quantitative estimate of drug-likeness (QED) is 0.645. The van der Waals surface area contributed by atoms with E-state index in [-0.39, 0.29) is 25.6 Å². The average molecular weight is 228 g/mol. The van der Waals surface area contributed by atoms with E-state index in [2.05, 4.69) is 4.85 Å². The van der Waals surface area contributed by atoms with Crippen molar-refractivity contribution in [3.8, 4) is 0 Å². The minimum Gasteiger partial charge on any atom is -0.444 e. The molecule has 0 spiro atoms. The van der Waals surface area contributed by atoms with Gasteiger partial charge in [0.2, 0.25) is 6.54 Å². The van der Waals surface area contributed by atoms with Gasteiger partial charge in [0.25, 0.3) is 0 Å². The van der Waals surface area contributed by atoms with Crippen molar-refractivity contribution in [3.05, 3.63) is 11.4 Å². The molecule has 1 saturated heterocycles. The van der Waals surface area contributed by atoms with E-state index in [0.717, 1.165) is 0 Å². The summed E-state index contributed by atoms with van der Waals surface area (Å²) in [7, 11) is 0. The summed E-state index contributed by atoms with van der Waals surface area (Å²) < 4.78 is 18.4. The molecule has 0 bridgehead atoms. The Balaban J connectivity index is 2.64. The van der Waals surface area contributed by atoms with Crippen molar-refractivity contribution in [3.63, 3.8) is 0 Å². The normalized spacial score (nSPS) is 25.3. The molecular formula is C11H17FN2O2. The van der Waals surface area contributed by atoms with Crippen molar-refractivity contribution in [2.75, 3.05) is 13.1 Å². The smallest absolute Gasteiger partial charge is 0.410 e. The fraction of sp³-hybridized carbons (Fsp3) is 0.818. The highest BCUT2D eigenvalue weighted by Crippen LogP contribution is 2.23. The summed E-state index contributed by atoms with van der Waals surface area (Å²) in [5, 5.41) is 0. The third-order valence-electron chi connectivity index (χ3n) is 2.29. The summed E-state index contributed by atoms with van der Waals surface area (Å²) in [5.74, 6) is 0. The Morgan fingerprint density at radius 3 is 2.75 bits per heavy atom. The molecule has 16 heavy (non-hydrogen) atoms. The third kappa shape index (κ3) is 3.37.